The van der Waals surface area contributed by atoms with Gasteiger partial charge in [0.05, 0.1) is 18.8 Å². The molecule has 0 amide bonds. The number of nitrogens with zero attached hydrogens (tertiary/aromatic N) is 1. The minimum absolute atomic E-state index is 0.569. The van der Waals surface area contributed by atoms with Crippen molar-refractivity contribution in [3.8, 4) is 5.75 Å². The zero-order valence-electron chi connectivity index (χ0n) is 11.3. The van der Waals surface area contributed by atoms with E-state index in [1.807, 2.05) is 49.4 Å². The van der Waals surface area contributed by atoms with Gasteiger partial charge in [0.2, 0.25) is 0 Å². The lowest BCUT2D eigenvalue weighted by Gasteiger charge is -2.10. The number of nitrogens with one attached hydrogen (secondary N) is 2. The molecule has 0 bridgehead atoms. The number of benzene rings is 1. The largest absolute Gasteiger partial charge is 0.494 e. The summed E-state index contributed by atoms with van der Waals surface area (Å²) < 4.78 is 5.39. The van der Waals surface area contributed by atoms with Crippen molar-refractivity contribution in [2.45, 2.75) is 13.5 Å². The van der Waals surface area contributed by atoms with Gasteiger partial charge in [-0.25, -0.2) is 0 Å². The third kappa shape index (κ3) is 4.51. The maximum Gasteiger partial charge on any atom is 0.171 e. The lowest BCUT2D eigenvalue weighted by atomic mass is 10.3. The smallest absolute Gasteiger partial charge is 0.171 e. The summed E-state index contributed by atoms with van der Waals surface area (Å²) >= 11 is 5.24. The number of hydrogen-bond donors (Lipinski definition) is 2. The molecular weight excluding hydrogens is 270 g/mol. The molecule has 0 fully saturated rings. The average molecular weight is 287 g/mol. The first kappa shape index (κ1) is 14.3. The van der Waals surface area contributed by atoms with Crippen LogP contribution in [0.2, 0.25) is 0 Å². The van der Waals surface area contributed by atoms with Crippen LogP contribution >= 0.6 is 12.2 Å². The summed E-state index contributed by atoms with van der Waals surface area (Å²) in [5.41, 5.74) is 1.87. The molecule has 2 N–H and O–H groups in total. The van der Waals surface area contributed by atoms with Crippen molar-refractivity contribution in [3.63, 3.8) is 0 Å². The molecule has 1 heterocycles. The molecule has 1 aromatic heterocycles. The van der Waals surface area contributed by atoms with E-state index >= 15 is 0 Å². The summed E-state index contributed by atoms with van der Waals surface area (Å²) in [5.74, 6) is 0.852. The maximum absolute atomic E-state index is 5.39. The van der Waals surface area contributed by atoms with Crippen LogP contribution in [0.25, 0.3) is 0 Å². The Balaban J connectivity index is 1.82. The lowest BCUT2D eigenvalue weighted by Crippen LogP contribution is -2.28. The Hall–Kier alpha value is -2.14. The van der Waals surface area contributed by atoms with Gasteiger partial charge in [0.1, 0.15) is 5.75 Å². The summed E-state index contributed by atoms with van der Waals surface area (Å²) in [5, 5.41) is 6.80. The molecule has 0 radical (unpaired) electrons. The van der Waals surface area contributed by atoms with Crippen LogP contribution in [0.4, 0.5) is 5.69 Å². The van der Waals surface area contributed by atoms with E-state index in [0.29, 0.717) is 18.3 Å². The quantitative estimate of drug-likeness (QED) is 0.828. The highest BCUT2D eigenvalue weighted by Gasteiger charge is 1.99. The van der Waals surface area contributed by atoms with Gasteiger partial charge in [0, 0.05) is 11.9 Å². The Labute approximate surface area is 124 Å². The van der Waals surface area contributed by atoms with Gasteiger partial charge in [-0.1, -0.05) is 6.07 Å². The predicted molar refractivity (Wildman–Crippen MR) is 84.9 cm³/mol. The Morgan fingerprint density at radius 2 is 2.00 bits per heavy atom. The molecule has 0 unspecified atom stereocenters. The number of ether oxygens (including phenoxy) is 1. The predicted octanol–water partition coefficient (Wildman–Crippen LogP) is 2.97. The third-order valence-corrected chi connectivity index (χ3v) is 2.83. The molecule has 4 nitrogen and oxygen atoms in total. The highest BCUT2D eigenvalue weighted by atomic mass is 32.1. The minimum atomic E-state index is 0.569. The second-order valence-corrected chi connectivity index (χ2v) is 4.49. The topological polar surface area (TPSA) is 46.2 Å². The van der Waals surface area contributed by atoms with Gasteiger partial charge in [-0.15, -0.1) is 0 Å². The highest BCUT2D eigenvalue weighted by molar-refractivity contribution is 7.80. The molecule has 0 atom stereocenters. The van der Waals surface area contributed by atoms with Crippen LogP contribution in [0, 0.1) is 0 Å². The summed E-state index contributed by atoms with van der Waals surface area (Å²) in [7, 11) is 0. The first-order valence-electron chi connectivity index (χ1n) is 6.45. The summed E-state index contributed by atoms with van der Waals surface area (Å²) in [6.07, 6.45) is 1.76. The summed E-state index contributed by atoms with van der Waals surface area (Å²) in [6.45, 7) is 3.23. The monoisotopic (exact) mass is 287 g/mol. The van der Waals surface area contributed by atoms with Crippen LogP contribution < -0.4 is 15.4 Å². The Morgan fingerprint density at radius 1 is 1.20 bits per heavy atom. The number of hydrogen-bond acceptors (Lipinski definition) is 3. The first-order chi connectivity index (χ1) is 9.78. The third-order valence-electron chi connectivity index (χ3n) is 2.58. The SMILES string of the molecule is CCOc1ccc(NC(=S)NCc2ccccn2)cc1. The van der Waals surface area contributed by atoms with E-state index in [2.05, 4.69) is 15.6 Å². The van der Waals surface area contributed by atoms with Crippen LogP contribution in [-0.4, -0.2) is 16.7 Å². The molecule has 0 spiro atoms. The average Bonchev–Trinajstić information content (AvgIpc) is 2.49. The van der Waals surface area contributed by atoms with Gasteiger partial charge in [0.25, 0.3) is 0 Å². The lowest BCUT2D eigenvalue weighted by molar-refractivity contribution is 0.340. The Kier molecular flexibility index (Phi) is 5.32. The van der Waals surface area contributed by atoms with Crippen molar-refractivity contribution < 1.29 is 4.74 Å². The standard InChI is InChI=1S/C15H17N3OS/c1-2-19-14-8-6-12(7-9-14)18-15(20)17-11-13-5-3-4-10-16-13/h3-10H,2,11H2,1H3,(H2,17,18,20). The van der Waals surface area contributed by atoms with Gasteiger partial charge in [-0.2, -0.15) is 0 Å². The van der Waals surface area contributed by atoms with Crippen molar-refractivity contribution in [2.75, 3.05) is 11.9 Å². The van der Waals surface area contributed by atoms with E-state index in [1.54, 1.807) is 6.20 Å². The van der Waals surface area contributed by atoms with E-state index in [0.717, 1.165) is 17.1 Å². The first-order valence-corrected chi connectivity index (χ1v) is 6.86. The fourth-order valence-corrected chi connectivity index (χ4v) is 1.84. The Morgan fingerprint density at radius 3 is 2.65 bits per heavy atom. The van der Waals surface area contributed by atoms with Gasteiger partial charge >= 0.3 is 0 Å². The van der Waals surface area contributed by atoms with E-state index in [4.69, 9.17) is 17.0 Å². The fraction of sp³-hybridized carbons (Fsp3) is 0.200. The summed E-state index contributed by atoms with van der Waals surface area (Å²) in [6, 6.07) is 13.5. The molecule has 1 aromatic carbocycles. The van der Waals surface area contributed by atoms with Crippen LogP contribution in [-0.2, 0) is 6.54 Å². The molecule has 104 valence electrons. The van der Waals surface area contributed by atoms with Crippen LogP contribution in [0.15, 0.2) is 48.7 Å². The van der Waals surface area contributed by atoms with Gasteiger partial charge in [-0.3, -0.25) is 4.98 Å². The normalized spacial score (nSPS) is 9.85. The zero-order chi connectivity index (χ0) is 14.2. The molecule has 2 aromatic rings. The molecule has 0 saturated heterocycles. The van der Waals surface area contributed by atoms with Crippen LogP contribution in [0.3, 0.4) is 0 Å². The number of thiocarbonyl (C=S) groups is 1. The molecule has 5 heteroatoms. The van der Waals surface area contributed by atoms with Crippen molar-refractivity contribution >= 4 is 23.0 Å². The Bertz CT molecular complexity index is 543. The molecule has 0 saturated carbocycles. The van der Waals surface area contributed by atoms with Crippen LogP contribution in [0.1, 0.15) is 12.6 Å². The summed E-state index contributed by atoms with van der Waals surface area (Å²) in [4.78, 5) is 4.22. The molecule has 0 aliphatic heterocycles. The van der Waals surface area contributed by atoms with E-state index in [9.17, 15) is 0 Å². The van der Waals surface area contributed by atoms with Crippen molar-refractivity contribution in [1.29, 1.82) is 0 Å². The van der Waals surface area contributed by atoms with E-state index in [-0.39, 0.29) is 0 Å². The number of rotatable bonds is 5. The van der Waals surface area contributed by atoms with Crippen molar-refractivity contribution in [1.82, 2.24) is 10.3 Å². The van der Waals surface area contributed by atoms with E-state index < -0.39 is 0 Å². The number of aromatic nitrogens is 1. The molecule has 0 aliphatic rings. The highest BCUT2D eigenvalue weighted by Crippen LogP contribution is 2.15. The van der Waals surface area contributed by atoms with Gasteiger partial charge in [0.15, 0.2) is 5.11 Å². The van der Waals surface area contributed by atoms with Crippen molar-refractivity contribution in [2.24, 2.45) is 0 Å². The van der Waals surface area contributed by atoms with Crippen molar-refractivity contribution in [3.05, 3.63) is 54.4 Å². The molecule has 20 heavy (non-hydrogen) atoms. The molecule has 2 rings (SSSR count). The maximum atomic E-state index is 5.39. The number of anilines is 1. The molecule has 0 aliphatic carbocycles. The second-order valence-electron chi connectivity index (χ2n) is 4.09. The van der Waals surface area contributed by atoms with E-state index in [1.165, 1.54) is 0 Å². The zero-order valence-corrected chi connectivity index (χ0v) is 12.1. The number of pyridine rings is 1. The molecular formula is C15H17N3OS. The fourth-order valence-electron chi connectivity index (χ4n) is 1.65. The van der Waals surface area contributed by atoms with Crippen LogP contribution in [0.5, 0.6) is 5.75 Å². The van der Waals surface area contributed by atoms with Gasteiger partial charge < -0.3 is 15.4 Å². The minimum Gasteiger partial charge on any atom is -0.494 e. The second kappa shape index (κ2) is 7.45. The van der Waals surface area contributed by atoms with Gasteiger partial charge in [-0.05, 0) is 55.5 Å².